The summed E-state index contributed by atoms with van der Waals surface area (Å²) < 4.78 is 8.42. The zero-order chi connectivity index (χ0) is 13.7. The predicted octanol–water partition coefficient (Wildman–Crippen LogP) is -0.247. The van der Waals surface area contributed by atoms with Crippen molar-refractivity contribution in [1.82, 2.24) is 19.6 Å². The summed E-state index contributed by atoms with van der Waals surface area (Å²) in [7, 11) is 1.83. The normalized spacial score (nSPS) is 10.6. The molecule has 0 bridgehead atoms. The maximum atomic E-state index is 11.9. The lowest BCUT2D eigenvalue weighted by molar-refractivity contribution is 0.309. The van der Waals surface area contributed by atoms with E-state index in [1.54, 1.807) is 10.9 Å². The van der Waals surface area contributed by atoms with Crippen LogP contribution in [0, 0.1) is 0 Å². The molecule has 2 heterocycles. The van der Waals surface area contributed by atoms with Crippen LogP contribution in [0.25, 0.3) is 0 Å². The van der Waals surface area contributed by atoms with E-state index in [0.717, 1.165) is 12.0 Å². The second kappa shape index (κ2) is 6.14. The number of nitrogens with two attached hydrogens (primary N) is 1. The van der Waals surface area contributed by atoms with Gasteiger partial charge < -0.3 is 10.5 Å². The second-order valence-electron chi connectivity index (χ2n) is 4.20. The minimum absolute atomic E-state index is 0.200. The topological polar surface area (TPSA) is 88.0 Å². The molecule has 2 aromatic rings. The first-order valence-electron chi connectivity index (χ1n) is 6.06. The molecule has 0 saturated heterocycles. The van der Waals surface area contributed by atoms with Gasteiger partial charge in [0.15, 0.2) is 0 Å². The van der Waals surface area contributed by atoms with Crippen LogP contribution in [0.15, 0.2) is 29.5 Å². The van der Waals surface area contributed by atoms with Gasteiger partial charge in [-0.1, -0.05) is 0 Å². The predicted molar refractivity (Wildman–Crippen MR) is 70.0 cm³/mol. The van der Waals surface area contributed by atoms with Gasteiger partial charge in [0.2, 0.25) is 0 Å². The quantitative estimate of drug-likeness (QED) is 0.726. The van der Waals surface area contributed by atoms with Crippen LogP contribution in [0.3, 0.4) is 0 Å². The van der Waals surface area contributed by atoms with Gasteiger partial charge in [-0.3, -0.25) is 9.48 Å². The molecule has 102 valence electrons. The fraction of sp³-hybridized carbons (Fsp3) is 0.417. The molecule has 0 aliphatic carbocycles. The molecular formula is C12H17N5O2. The molecule has 2 aromatic heterocycles. The number of nitrogens with zero attached hydrogens (tertiary/aromatic N) is 4. The second-order valence-corrected chi connectivity index (χ2v) is 4.20. The molecule has 0 aliphatic heterocycles. The smallest absolute Gasteiger partial charge is 0.270 e. The maximum Gasteiger partial charge on any atom is 0.270 e. The van der Waals surface area contributed by atoms with E-state index in [1.807, 2.05) is 13.2 Å². The van der Waals surface area contributed by atoms with Crippen molar-refractivity contribution in [2.75, 3.05) is 13.2 Å². The van der Waals surface area contributed by atoms with Crippen LogP contribution in [-0.2, 0) is 13.6 Å². The molecule has 0 aromatic carbocycles. The SMILES string of the molecule is Cn1cc(Cn2ncc(OCCCN)cc2=O)cn1. The van der Waals surface area contributed by atoms with E-state index < -0.39 is 0 Å². The first-order chi connectivity index (χ1) is 9.19. The minimum atomic E-state index is -0.200. The van der Waals surface area contributed by atoms with Crippen molar-refractivity contribution in [2.24, 2.45) is 12.8 Å². The van der Waals surface area contributed by atoms with Crippen molar-refractivity contribution in [3.05, 3.63) is 40.6 Å². The molecule has 2 N–H and O–H groups in total. The van der Waals surface area contributed by atoms with Crippen molar-refractivity contribution in [3.63, 3.8) is 0 Å². The standard InChI is InChI=1S/C12H17N5O2/c1-16-8-10(6-14-16)9-17-12(18)5-11(7-15-17)19-4-2-3-13/h5-8H,2-4,9,13H2,1H3. The Balaban J connectivity index is 2.04. The summed E-state index contributed by atoms with van der Waals surface area (Å²) in [6, 6.07) is 1.43. The van der Waals surface area contributed by atoms with Gasteiger partial charge >= 0.3 is 0 Å². The van der Waals surface area contributed by atoms with Crippen LogP contribution >= 0.6 is 0 Å². The highest BCUT2D eigenvalue weighted by molar-refractivity contribution is 5.14. The fourth-order valence-corrected chi connectivity index (χ4v) is 1.61. The Morgan fingerprint density at radius 2 is 2.21 bits per heavy atom. The van der Waals surface area contributed by atoms with E-state index in [0.29, 0.717) is 25.4 Å². The van der Waals surface area contributed by atoms with E-state index in [2.05, 4.69) is 10.2 Å². The van der Waals surface area contributed by atoms with E-state index in [9.17, 15) is 4.79 Å². The highest BCUT2D eigenvalue weighted by atomic mass is 16.5. The highest BCUT2D eigenvalue weighted by Crippen LogP contribution is 2.05. The third-order valence-electron chi connectivity index (χ3n) is 2.55. The fourth-order valence-electron chi connectivity index (χ4n) is 1.61. The molecule has 0 saturated carbocycles. The van der Waals surface area contributed by atoms with Gasteiger partial charge in [0.05, 0.1) is 25.5 Å². The van der Waals surface area contributed by atoms with E-state index in [-0.39, 0.29) is 5.56 Å². The lowest BCUT2D eigenvalue weighted by Gasteiger charge is -2.06. The average molecular weight is 263 g/mol. The minimum Gasteiger partial charge on any atom is -0.492 e. The van der Waals surface area contributed by atoms with Crippen LogP contribution < -0.4 is 16.0 Å². The molecule has 0 unspecified atom stereocenters. The van der Waals surface area contributed by atoms with Gasteiger partial charge in [0.25, 0.3) is 5.56 Å². The highest BCUT2D eigenvalue weighted by Gasteiger charge is 2.03. The third kappa shape index (κ3) is 3.65. The number of aromatic nitrogens is 4. The Hall–Kier alpha value is -2.15. The van der Waals surface area contributed by atoms with Crippen molar-refractivity contribution in [1.29, 1.82) is 0 Å². The molecule has 7 nitrogen and oxygen atoms in total. The molecule has 0 atom stereocenters. The Bertz CT molecular complexity index is 590. The maximum absolute atomic E-state index is 11.9. The Labute approximate surface area is 110 Å². The van der Waals surface area contributed by atoms with E-state index in [1.165, 1.54) is 16.9 Å². The monoisotopic (exact) mass is 263 g/mol. The summed E-state index contributed by atoms with van der Waals surface area (Å²) in [6.07, 6.45) is 5.84. The van der Waals surface area contributed by atoms with Crippen molar-refractivity contribution in [2.45, 2.75) is 13.0 Å². The summed E-state index contributed by atoms with van der Waals surface area (Å²) in [6.45, 7) is 1.45. The lowest BCUT2D eigenvalue weighted by Crippen LogP contribution is -2.22. The van der Waals surface area contributed by atoms with Gasteiger partial charge in [-0.25, -0.2) is 4.68 Å². The van der Waals surface area contributed by atoms with Gasteiger partial charge in [0, 0.05) is 24.9 Å². The zero-order valence-electron chi connectivity index (χ0n) is 10.8. The van der Waals surface area contributed by atoms with E-state index >= 15 is 0 Å². The molecule has 0 aliphatic rings. The first kappa shape index (κ1) is 13.3. The Kier molecular flexibility index (Phi) is 4.30. The van der Waals surface area contributed by atoms with Crippen molar-refractivity contribution >= 4 is 0 Å². The molecule has 0 amide bonds. The van der Waals surface area contributed by atoms with Gasteiger partial charge in [-0.2, -0.15) is 10.2 Å². The number of ether oxygens (including phenoxy) is 1. The summed E-state index contributed by atoms with van der Waals surface area (Å²) in [5.74, 6) is 0.473. The summed E-state index contributed by atoms with van der Waals surface area (Å²) in [5, 5.41) is 8.12. The first-order valence-corrected chi connectivity index (χ1v) is 6.06. The molecular weight excluding hydrogens is 246 g/mol. The summed E-state index contributed by atoms with van der Waals surface area (Å²) in [5.41, 5.74) is 6.09. The molecule has 0 radical (unpaired) electrons. The van der Waals surface area contributed by atoms with E-state index in [4.69, 9.17) is 10.5 Å². The van der Waals surface area contributed by atoms with Crippen molar-refractivity contribution in [3.8, 4) is 5.75 Å². The zero-order valence-corrected chi connectivity index (χ0v) is 10.8. The van der Waals surface area contributed by atoms with Crippen LogP contribution in [0.4, 0.5) is 0 Å². The van der Waals surface area contributed by atoms with Crippen LogP contribution in [0.5, 0.6) is 5.75 Å². The van der Waals surface area contributed by atoms with Crippen molar-refractivity contribution < 1.29 is 4.74 Å². The summed E-state index contributed by atoms with van der Waals surface area (Å²) >= 11 is 0. The molecule has 2 rings (SSSR count). The van der Waals surface area contributed by atoms with Crippen LogP contribution in [-0.4, -0.2) is 32.7 Å². The Morgan fingerprint density at radius 3 is 2.84 bits per heavy atom. The largest absolute Gasteiger partial charge is 0.492 e. The van der Waals surface area contributed by atoms with Crippen LogP contribution in [0.1, 0.15) is 12.0 Å². The van der Waals surface area contributed by atoms with Gasteiger partial charge in [-0.15, -0.1) is 0 Å². The van der Waals surface area contributed by atoms with Gasteiger partial charge in [0.1, 0.15) is 5.75 Å². The molecule has 7 heteroatoms. The number of aryl methyl sites for hydroxylation is 1. The number of hydrogen-bond acceptors (Lipinski definition) is 5. The molecule has 19 heavy (non-hydrogen) atoms. The average Bonchev–Trinajstić information content (AvgIpc) is 2.79. The Morgan fingerprint density at radius 1 is 1.37 bits per heavy atom. The third-order valence-corrected chi connectivity index (χ3v) is 2.55. The van der Waals surface area contributed by atoms with Gasteiger partial charge in [-0.05, 0) is 13.0 Å². The lowest BCUT2D eigenvalue weighted by atomic mass is 10.3. The van der Waals surface area contributed by atoms with Crippen LogP contribution in [0.2, 0.25) is 0 Å². The molecule has 0 fully saturated rings. The molecule has 0 spiro atoms. The number of hydrogen-bond donors (Lipinski definition) is 1. The number of rotatable bonds is 6. The summed E-state index contributed by atoms with van der Waals surface area (Å²) in [4.78, 5) is 11.9.